The number of benzene rings is 2. The summed E-state index contributed by atoms with van der Waals surface area (Å²) in [4.78, 5) is 15.5. The number of aryl methyl sites for hydroxylation is 1. The molecule has 0 aliphatic carbocycles. The molecular weight excluding hydrogens is 368 g/mol. The number of aromatic nitrogens is 1. The fourth-order valence-corrected chi connectivity index (χ4v) is 3.42. The molecule has 0 bridgehead atoms. The van der Waals surface area contributed by atoms with Crippen molar-refractivity contribution in [1.82, 2.24) is 4.98 Å². The average molecular weight is 396 g/mol. The van der Waals surface area contributed by atoms with E-state index >= 15 is 0 Å². The van der Waals surface area contributed by atoms with Crippen molar-refractivity contribution < 1.29 is 14.2 Å². The monoisotopic (exact) mass is 396 g/mol. The number of hydrogen-bond acceptors (Lipinski definition) is 5. The van der Waals surface area contributed by atoms with Crippen molar-refractivity contribution in [2.45, 2.75) is 33.2 Å². The van der Waals surface area contributed by atoms with Crippen LogP contribution in [-0.4, -0.2) is 26.3 Å². The molecule has 0 saturated heterocycles. The SMILES string of the molecule is COc1cc2cc(CNc3cc(C(C)C)c(OC)cc3C)c(=O)[nH]c2cc1OC. The minimum atomic E-state index is -0.132. The van der Waals surface area contributed by atoms with Crippen LogP contribution in [0.15, 0.2) is 35.1 Å². The smallest absolute Gasteiger partial charge is 0.253 e. The molecule has 3 rings (SSSR count). The van der Waals surface area contributed by atoms with E-state index in [-0.39, 0.29) is 5.56 Å². The van der Waals surface area contributed by atoms with Crippen molar-refractivity contribution in [3.8, 4) is 17.2 Å². The largest absolute Gasteiger partial charge is 0.496 e. The quantitative estimate of drug-likeness (QED) is 0.611. The zero-order valence-corrected chi connectivity index (χ0v) is 17.8. The van der Waals surface area contributed by atoms with Crippen LogP contribution in [0.5, 0.6) is 17.2 Å². The fourth-order valence-electron chi connectivity index (χ4n) is 3.42. The van der Waals surface area contributed by atoms with Crippen LogP contribution in [0, 0.1) is 6.92 Å². The Morgan fingerprint density at radius 1 is 0.931 bits per heavy atom. The second kappa shape index (κ2) is 8.47. The van der Waals surface area contributed by atoms with Gasteiger partial charge in [-0.25, -0.2) is 0 Å². The zero-order chi connectivity index (χ0) is 21.1. The predicted octanol–water partition coefficient (Wildman–Crippen LogP) is 4.60. The first-order chi connectivity index (χ1) is 13.9. The molecule has 1 heterocycles. The van der Waals surface area contributed by atoms with Gasteiger partial charge in [0.25, 0.3) is 5.56 Å². The Morgan fingerprint density at radius 2 is 1.59 bits per heavy atom. The van der Waals surface area contributed by atoms with Crippen molar-refractivity contribution in [3.05, 3.63) is 57.4 Å². The molecule has 0 saturated carbocycles. The normalized spacial score (nSPS) is 11.0. The number of ether oxygens (including phenoxy) is 3. The first-order valence-electron chi connectivity index (χ1n) is 9.58. The highest BCUT2D eigenvalue weighted by Gasteiger charge is 2.13. The summed E-state index contributed by atoms with van der Waals surface area (Å²) in [5, 5.41) is 4.28. The Labute approximate surface area is 170 Å². The molecular formula is C23H28N2O4. The summed E-state index contributed by atoms with van der Waals surface area (Å²) in [6.07, 6.45) is 0. The average Bonchev–Trinajstić information content (AvgIpc) is 2.71. The highest BCUT2D eigenvalue weighted by Crippen LogP contribution is 2.33. The Kier molecular flexibility index (Phi) is 6.01. The number of pyridine rings is 1. The Balaban J connectivity index is 1.94. The molecule has 0 fully saturated rings. The van der Waals surface area contributed by atoms with E-state index in [0.29, 0.717) is 35.0 Å². The zero-order valence-electron chi connectivity index (χ0n) is 17.8. The third kappa shape index (κ3) is 4.16. The Hall–Kier alpha value is -3.15. The molecule has 29 heavy (non-hydrogen) atoms. The molecule has 0 aliphatic heterocycles. The molecule has 0 unspecified atom stereocenters. The molecule has 0 aliphatic rings. The van der Waals surface area contributed by atoms with E-state index < -0.39 is 0 Å². The third-order valence-electron chi connectivity index (χ3n) is 5.09. The summed E-state index contributed by atoms with van der Waals surface area (Å²) in [5.74, 6) is 2.42. The molecule has 0 radical (unpaired) electrons. The lowest BCUT2D eigenvalue weighted by Gasteiger charge is -2.17. The van der Waals surface area contributed by atoms with E-state index in [4.69, 9.17) is 14.2 Å². The van der Waals surface area contributed by atoms with Crippen LogP contribution in [0.3, 0.4) is 0 Å². The van der Waals surface area contributed by atoms with Gasteiger partial charge in [0, 0.05) is 29.2 Å². The molecule has 3 aromatic rings. The van der Waals surface area contributed by atoms with Crippen LogP contribution in [0.2, 0.25) is 0 Å². The first kappa shape index (κ1) is 20.6. The third-order valence-corrected chi connectivity index (χ3v) is 5.09. The van der Waals surface area contributed by atoms with E-state index in [0.717, 1.165) is 28.0 Å². The fraction of sp³-hybridized carbons (Fsp3) is 0.348. The summed E-state index contributed by atoms with van der Waals surface area (Å²) in [7, 11) is 4.85. The highest BCUT2D eigenvalue weighted by molar-refractivity contribution is 5.83. The van der Waals surface area contributed by atoms with Crippen LogP contribution >= 0.6 is 0 Å². The summed E-state index contributed by atoms with van der Waals surface area (Å²) in [6.45, 7) is 6.69. The lowest BCUT2D eigenvalue weighted by Crippen LogP contribution is -2.16. The van der Waals surface area contributed by atoms with Crippen molar-refractivity contribution in [2.24, 2.45) is 0 Å². The van der Waals surface area contributed by atoms with Gasteiger partial charge in [-0.1, -0.05) is 13.8 Å². The van der Waals surface area contributed by atoms with Gasteiger partial charge in [-0.3, -0.25) is 4.79 Å². The van der Waals surface area contributed by atoms with E-state index in [2.05, 4.69) is 30.2 Å². The number of anilines is 1. The molecule has 0 atom stereocenters. The highest BCUT2D eigenvalue weighted by atomic mass is 16.5. The van der Waals surface area contributed by atoms with Crippen LogP contribution in [0.4, 0.5) is 5.69 Å². The van der Waals surface area contributed by atoms with Crippen molar-refractivity contribution >= 4 is 16.6 Å². The van der Waals surface area contributed by atoms with Crippen LogP contribution in [0.25, 0.3) is 10.9 Å². The Morgan fingerprint density at radius 3 is 2.21 bits per heavy atom. The van der Waals surface area contributed by atoms with Gasteiger partial charge in [0.1, 0.15) is 5.75 Å². The second-order valence-corrected chi connectivity index (χ2v) is 7.34. The number of fused-ring (bicyclic) bond motifs is 1. The van der Waals surface area contributed by atoms with E-state index in [1.807, 2.05) is 25.1 Å². The van der Waals surface area contributed by atoms with Crippen molar-refractivity contribution in [3.63, 3.8) is 0 Å². The maximum absolute atomic E-state index is 12.6. The Bertz CT molecular complexity index is 1090. The summed E-state index contributed by atoms with van der Waals surface area (Å²) in [5.41, 5.74) is 4.40. The maximum Gasteiger partial charge on any atom is 0.253 e. The molecule has 1 aromatic heterocycles. The van der Waals surface area contributed by atoms with E-state index in [9.17, 15) is 4.79 Å². The minimum Gasteiger partial charge on any atom is -0.496 e. The molecule has 6 nitrogen and oxygen atoms in total. The maximum atomic E-state index is 12.6. The van der Waals surface area contributed by atoms with Gasteiger partial charge >= 0.3 is 0 Å². The van der Waals surface area contributed by atoms with Gasteiger partial charge in [0.15, 0.2) is 11.5 Å². The summed E-state index contributed by atoms with van der Waals surface area (Å²) >= 11 is 0. The number of rotatable bonds is 7. The van der Waals surface area contributed by atoms with Gasteiger partial charge < -0.3 is 24.5 Å². The molecule has 0 amide bonds. The van der Waals surface area contributed by atoms with E-state index in [1.165, 1.54) is 0 Å². The van der Waals surface area contributed by atoms with Crippen LogP contribution < -0.4 is 25.1 Å². The molecule has 2 aromatic carbocycles. The number of aromatic amines is 1. The van der Waals surface area contributed by atoms with Crippen molar-refractivity contribution in [1.29, 1.82) is 0 Å². The summed E-state index contributed by atoms with van der Waals surface area (Å²) in [6, 6.07) is 9.64. The number of hydrogen-bond donors (Lipinski definition) is 2. The summed E-state index contributed by atoms with van der Waals surface area (Å²) < 4.78 is 16.2. The van der Waals surface area contributed by atoms with Crippen LogP contribution in [0.1, 0.15) is 36.5 Å². The predicted molar refractivity (Wildman–Crippen MR) is 117 cm³/mol. The van der Waals surface area contributed by atoms with Crippen LogP contribution in [-0.2, 0) is 6.54 Å². The first-order valence-corrected chi connectivity index (χ1v) is 9.58. The number of methoxy groups -OCH3 is 3. The lowest BCUT2D eigenvalue weighted by molar-refractivity contribution is 0.356. The molecule has 0 spiro atoms. The topological polar surface area (TPSA) is 72.6 Å². The number of nitrogens with one attached hydrogen (secondary N) is 2. The molecule has 154 valence electrons. The number of H-pyrrole nitrogens is 1. The van der Waals surface area contributed by atoms with Gasteiger partial charge in [0.05, 0.1) is 26.8 Å². The van der Waals surface area contributed by atoms with Gasteiger partial charge in [-0.2, -0.15) is 0 Å². The minimum absolute atomic E-state index is 0.132. The standard InChI is InChI=1S/C23H28N2O4/c1-13(2)17-10-18(14(3)7-20(17)27-4)24-12-16-8-15-9-21(28-5)22(29-6)11-19(15)25-23(16)26/h7-11,13,24H,12H2,1-6H3,(H,25,26). The molecule has 6 heteroatoms. The van der Waals surface area contributed by atoms with Gasteiger partial charge in [0.2, 0.25) is 0 Å². The molecule has 2 N–H and O–H groups in total. The van der Waals surface area contributed by atoms with Crippen molar-refractivity contribution in [2.75, 3.05) is 26.6 Å². The second-order valence-electron chi connectivity index (χ2n) is 7.34. The van der Waals surface area contributed by atoms with Gasteiger partial charge in [-0.15, -0.1) is 0 Å². The lowest BCUT2D eigenvalue weighted by atomic mass is 9.99. The van der Waals surface area contributed by atoms with Gasteiger partial charge in [-0.05, 0) is 48.2 Å². The van der Waals surface area contributed by atoms with E-state index in [1.54, 1.807) is 27.4 Å².